The molecule has 0 fully saturated rings. The molecule has 0 spiro atoms. The maximum Gasteiger partial charge on any atom is 0.249 e. The van der Waals surface area contributed by atoms with E-state index in [1.54, 1.807) is 0 Å². The van der Waals surface area contributed by atoms with Crippen molar-refractivity contribution < 1.29 is 4.57 Å². The smallest absolute Gasteiger partial charge is 0.232 e. The molecular weight excluding hydrogens is 268 g/mol. The van der Waals surface area contributed by atoms with Gasteiger partial charge in [-0.15, -0.1) is 0 Å². The summed E-state index contributed by atoms with van der Waals surface area (Å²) in [5.41, 5.74) is 7.97. The molecule has 0 unspecified atom stereocenters. The van der Waals surface area contributed by atoms with Crippen molar-refractivity contribution in [2.24, 2.45) is 0 Å². The topological polar surface area (TPSA) is 8.81 Å². The highest BCUT2D eigenvalue weighted by Crippen LogP contribution is 2.16. The Bertz CT molecular complexity index is 772. The molecule has 0 aliphatic rings. The van der Waals surface area contributed by atoms with Gasteiger partial charge < -0.3 is 0 Å². The summed E-state index contributed by atoms with van der Waals surface area (Å²) in [7, 11) is 0. The zero-order valence-electron chi connectivity index (χ0n) is 13.8. The van der Waals surface area contributed by atoms with Gasteiger partial charge in [0.05, 0.1) is 0 Å². The van der Waals surface area contributed by atoms with E-state index in [0.29, 0.717) is 0 Å². The number of hydrogen-bond donors (Lipinski definition) is 0. The number of hydrogen-bond acceptors (Lipinski definition) is 0. The van der Waals surface area contributed by atoms with Gasteiger partial charge in [0.25, 0.3) is 0 Å². The first kappa shape index (κ1) is 14.6. The van der Waals surface area contributed by atoms with E-state index in [1.807, 2.05) is 0 Å². The van der Waals surface area contributed by atoms with Crippen LogP contribution in [-0.2, 0) is 6.54 Å². The van der Waals surface area contributed by atoms with Crippen molar-refractivity contribution in [2.45, 2.75) is 34.2 Å². The minimum absolute atomic E-state index is 0.914. The lowest BCUT2D eigenvalue weighted by atomic mass is 10.00. The third-order valence-electron chi connectivity index (χ3n) is 4.20. The highest BCUT2D eigenvalue weighted by molar-refractivity contribution is 5.37. The monoisotopic (exact) mass is 291 g/mol. The summed E-state index contributed by atoms with van der Waals surface area (Å²) in [6.07, 6.45) is 6.41. The maximum absolute atomic E-state index is 2.26. The molecule has 0 aliphatic heterocycles. The fourth-order valence-electron chi connectivity index (χ4n) is 3.00. The van der Waals surface area contributed by atoms with E-state index in [4.69, 9.17) is 0 Å². The van der Waals surface area contributed by atoms with Crippen molar-refractivity contribution in [3.63, 3.8) is 0 Å². The second-order valence-corrected chi connectivity index (χ2v) is 6.21. The molecule has 0 aliphatic carbocycles. The number of nitrogens with zero attached hydrogens (tertiary/aromatic N) is 2. The van der Waals surface area contributed by atoms with Gasteiger partial charge in [-0.25, -0.2) is 9.13 Å². The van der Waals surface area contributed by atoms with E-state index in [0.717, 1.165) is 6.54 Å². The van der Waals surface area contributed by atoms with Crippen LogP contribution in [0.2, 0.25) is 0 Å². The third-order valence-corrected chi connectivity index (χ3v) is 4.20. The lowest BCUT2D eigenvalue weighted by Gasteiger charge is -2.09. The second kappa shape index (κ2) is 5.80. The molecule has 112 valence electrons. The minimum atomic E-state index is 0.914. The molecular formula is C20H23N2+. The Morgan fingerprint density at radius 2 is 1.50 bits per heavy atom. The Kier molecular flexibility index (Phi) is 3.84. The van der Waals surface area contributed by atoms with Crippen LogP contribution >= 0.6 is 0 Å². The van der Waals surface area contributed by atoms with E-state index < -0.39 is 0 Å². The standard InChI is InChI=1S/C20H23N2/c1-15-5-7-19(8-6-15)22-10-9-21(14-22)13-20-17(3)11-16(2)12-18(20)4/h5-12,14H,13H2,1-4H3/q+1. The molecule has 3 aromatic rings. The molecule has 22 heavy (non-hydrogen) atoms. The fraction of sp³-hybridized carbons (Fsp3) is 0.250. The summed E-state index contributed by atoms with van der Waals surface area (Å²) in [6.45, 7) is 9.59. The normalized spacial score (nSPS) is 10.9. The van der Waals surface area contributed by atoms with Gasteiger partial charge in [0.1, 0.15) is 24.6 Å². The molecule has 0 amide bonds. The Labute approximate surface area is 132 Å². The molecule has 1 heterocycles. The van der Waals surface area contributed by atoms with Gasteiger partial charge in [-0.3, -0.25) is 0 Å². The lowest BCUT2D eigenvalue weighted by Crippen LogP contribution is -2.32. The first-order chi connectivity index (χ1) is 10.5. The number of imidazole rings is 1. The predicted molar refractivity (Wildman–Crippen MR) is 90.5 cm³/mol. The van der Waals surface area contributed by atoms with E-state index in [1.165, 1.54) is 33.5 Å². The van der Waals surface area contributed by atoms with Crippen molar-refractivity contribution in [3.05, 3.63) is 82.9 Å². The van der Waals surface area contributed by atoms with Crippen LogP contribution in [0.4, 0.5) is 0 Å². The molecule has 1 aromatic heterocycles. The van der Waals surface area contributed by atoms with E-state index in [2.05, 4.69) is 91.9 Å². The van der Waals surface area contributed by atoms with Gasteiger partial charge >= 0.3 is 0 Å². The third kappa shape index (κ3) is 2.96. The summed E-state index contributed by atoms with van der Waals surface area (Å²) in [5, 5.41) is 0. The average molecular weight is 291 g/mol. The van der Waals surface area contributed by atoms with Crippen LogP contribution in [0.15, 0.2) is 55.1 Å². The summed E-state index contributed by atoms with van der Waals surface area (Å²) >= 11 is 0. The molecule has 2 nitrogen and oxygen atoms in total. The fourth-order valence-corrected chi connectivity index (χ4v) is 3.00. The Hall–Kier alpha value is -2.35. The predicted octanol–water partition coefficient (Wildman–Crippen LogP) is 4.05. The largest absolute Gasteiger partial charge is 0.249 e. The van der Waals surface area contributed by atoms with Crippen LogP contribution in [0.1, 0.15) is 27.8 Å². The number of aromatic nitrogens is 2. The zero-order chi connectivity index (χ0) is 15.7. The lowest BCUT2D eigenvalue weighted by molar-refractivity contribution is -0.687. The van der Waals surface area contributed by atoms with Gasteiger partial charge in [-0.05, 0) is 56.5 Å². The van der Waals surface area contributed by atoms with Crippen LogP contribution in [-0.4, -0.2) is 4.57 Å². The first-order valence-electron chi connectivity index (χ1n) is 7.74. The van der Waals surface area contributed by atoms with Crippen molar-refractivity contribution in [2.75, 3.05) is 0 Å². The first-order valence-corrected chi connectivity index (χ1v) is 7.74. The highest BCUT2D eigenvalue weighted by Gasteiger charge is 2.10. The molecule has 0 bridgehead atoms. The molecule has 0 atom stereocenters. The quantitative estimate of drug-likeness (QED) is 0.644. The summed E-state index contributed by atoms with van der Waals surface area (Å²) in [4.78, 5) is 0. The van der Waals surface area contributed by atoms with Crippen LogP contribution in [0.3, 0.4) is 0 Å². The van der Waals surface area contributed by atoms with Gasteiger partial charge in [0, 0.05) is 0 Å². The SMILES string of the molecule is Cc1ccc(-n2cc[n+](Cc3c(C)cc(C)cc3C)c2)cc1. The second-order valence-electron chi connectivity index (χ2n) is 6.21. The average Bonchev–Trinajstić information content (AvgIpc) is 2.92. The number of aryl methyl sites for hydroxylation is 4. The van der Waals surface area contributed by atoms with E-state index in [9.17, 15) is 0 Å². The molecule has 2 aromatic carbocycles. The minimum Gasteiger partial charge on any atom is -0.232 e. The van der Waals surface area contributed by atoms with Crippen molar-refractivity contribution in [1.82, 2.24) is 4.57 Å². The van der Waals surface area contributed by atoms with Gasteiger partial charge in [-0.2, -0.15) is 0 Å². The van der Waals surface area contributed by atoms with Gasteiger partial charge in [0.15, 0.2) is 0 Å². The van der Waals surface area contributed by atoms with Crippen LogP contribution in [0, 0.1) is 27.7 Å². The zero-order valence-corrected chi connectivity index (χ0v) is 13.8. The van der Waals surface area contributed by atoms with Crippen molar-refractivity contribution in [1.29, 1.82) is 0 Å². The van der Waals surface area contributed by atoms with Gasteiger partial charge in [-0.1, -0.05) is 35.4 Å². The summed E-state index contributed by atoms with van der Waals surface area (Å²) in [5.74, 6) is 0. The molecule has 3 rings (SSSR count). The van der Waals surface area contributed by atoms with Crippen LogP contribution in [0.25, 0.3) is 5.69 Å². The molecule has 0 saturated heterocycles. The van der Waals surface area contributed by atoms with Crippen molar-refractivity contribution >= 4 is 0 Å². The Morgan fingerprint density at radius 3 is 2.14 bits per heavy atom. The molecule has 0 saturated carbocycles. The Morgan fingerprint density at radius 1 is 0.864 bits per heavy atom. The summed E-state index contributed by atoms with van der Waals surface area (Å²) < 4.78 is 4.41. The number of rotatable bonds is 3. The molecule has 0 radical (unpaired) electrons. The summed E-state index contributed by atoms with van der Waals surface area (Å²) in [6, 6.07) is 13.1. The van der Waals surface area contributed by atoms with Crippen LogP contribution < -0.4 is 4.57 Å². The van der Waals surface area contributed by atoms with Crippen LogP contribution in [0.5, 0.6) is 0 Å². The van der Waals surface area contributed by atoms with E-state index >= 15 is 0 Å². The van der Waals surface area contributed by atoms with Crippen molar-refractivity contribution in [3.8, 4) is 5.69 Å². The Balaban J connectivity index is 1.87. The highest BCUT2D eigenvalue weighted by atomic mass is 15.1. The molecule has 0 N–H and O–H groups in total. The van der Waals surface area contributed by atoms with Gasteiger partial charge in [0.2, 0.25) is 6.33 Å². The molecule has 2 heteroatoms. The maximum atomic E-state index is 2.26. The van der Waals surface area contributed by atoms with E-state index in [-0.39, 0.29) is 0 Å². The number of benzene rings is 2.